The maximum Gasteiger partial charge on any atom is 0.138 e. The molecule has 0 unspecified atom stereocenters. The zero-order valence-corrected chi connectivity index (χ0v) is 14.0. The molecule has 0 radical (unpaired) electrons. The van der Waals surface area contributed by atoms with Crippen LogP contribution in [0.4, 0.5) is 5.82 Å². The molecule has 0 atom stereocenters. The van der Waals surface area contributed by atoms with Crippen LogP contribution in [0.1, 0.15) is 36.6 Å². The molecule has 2 aromatic heterocycles. The van der Waals surface area contributed by atoms with Crippen LogP contribution in [0.15, 0.2) is 6.33 Å². The first-order valence-electron chi connectivity index (χ1n) is 7.88. The van der Waals surface area contributed by atoms with E-state index in [1.807, 2.05) is 0 Å². The highest BCUT2D eigenvalue weighted by Gasteiger charge is 2.20. The molecule has 5 heteroatoms. The molecule has 0 amide bonds. The number of thiophene rings is 1. The van der Waals surface area contributed by atoms with Gasteiger partial charge in [0.15, 0.2) is 0 Å². The lowest BCUT2D eigenvalue weighted by atomic mass is 10.0. The highest BCUT2D eigenvalue weighted by atomic mass is 32.1. The van der Waals surface area contributed by atoms with Crippen molar-refractivity contribution in [3.05, 3.63) is 16.8 Å². The molecule has 2 aromatic rings. The lowest BCUT2D eigenvalue weighted by Gasteiger charge is -2.32. The Kier molecular flexibility index (Phi) is 4.40. The molecule has 21 heavy (non-hydrogen) atoms. The number of aryl methyl sites for hydroxylation is 2. The van der Waals surface area contributed by atoms with Crippen molar-refractivity contribution in [2.24, 2.45) is 0 Å². The Bertz CT molecular complexity index is 614. The van der Waals surface area contributed by atoms with E-state index >= 15 is 0 Å². The van der Waals surface area contributed by atoms with Crippen molar-refractivity contribution in [1.82, 2.24) is 14.9 Å². The average Bonchev–Trinajstić information content (AvgIpc) is 2.78. The van der Waals surface area contributed by atoms with Gasteiger partial charge in [0.2, 0.25) is 0 Å². The number of hydrogen-bond donors (Lipinski definition) is 1. The Morgan fingerprint density at radius 2 is 2.05 bits per heavy atom. The number of rotatable bonds is 4. The SMILES string of the molecule is CCCN1CCC(Nc2ncnc3sc(C)c(C)c23)CC1. The fourth-order valence-electron chi connectivity index (χ4n) is 3.10. The van der Waals surface area contributed by atoms with Crippen LogP contribution in [0.5, 0.6) is 0 Å². The summed E-state index contributed by atoms with van der Waals surface area (Å²) in [5, 5.41) is 4.89. The van der Waals surface area contributed by atoms with Gasteiger partial charge in [-0.15, -0.1) is 11.3 Å². The molecular formula is C16H24N4S. The first-order chi connectivity index (χ1) is 10.2. The van der Waals surface area contributed by atoms with Crippen LogP contribution in [0.3, 0.4) is 0 Å². The second-order valence-corrected chi connectivity index (χ2v) is 7.15. The van der Waals surface area contributed by atoms with Gasteiger partial charge in [0.1, 0.15) is 17.0 Å². The Labute approximate surface area is 130 Å². The zero-order valence-electron chi connectivity index (χ0n) is 13.1. The van der Waals surface area contributed by atoms with Crippen molar-refractivity contribution in [2.45, 2.75) is 46.1 Å². The first-order valence-corrected chi connectivity index (χ1v) is 8.70. The van der Waals surface area contributed by atoms with Crippen molar-refractivity contribution in [3.63, 3.8) is 0 Å². The van der Waals surface area contributed by atoms with Crippen molar-refractivity contribution < 1.29 is 0 Å². The summed E-state index contributed by atoms with van der Waals surface area (Å²) in [6.45, 7) is 10.2. The minimum atomic E-state index is 0.538. The fraction of sp³-hybridized carbons (Fsp3) is 0.625. The van der Waals surface area contributed by atoms with E-state index in [0.29, 0.717) is 6.04 Å². The van der Waals surface area contributed by atoms with E-state index in [2.05, 4.69) is 41.0 Å². The van der Waals surface area contributed by atoms with Crippen LogP contribution in [0, 0.1) is 13.8 Å². The van der Waals surface area contributed by atoms with E-state index < -0.39 is 0 Å². The van der Waals surface area contributed by atoms with E-state index in [-0.39, 0.29) is 0 Å². The Balaban J connectivity index is 1.74. The smallest absolute Gasteiger partial charge is 0.138 e. The first kappa shape index (κ1) is 14.7. The summed E-state index contributed by atoms with van der Waals surface area (Å²) in [5.41, 5.74) is 1.32. The lowest BCUT2D eigenvalue weighted by molar-refractivity contribution is 0.219. The zero-order chi connectivity index (χ0) is 14.8. The molecule has 3 rings (SSSR count). The van der Waals surface area contributed by atoms with E-state index in [0.717, 1.165) is 10.6 Å². The van der Waals surface area contributed by atoms with E-state index in [4.69, 9.17) is 0 Å². The van der Waals surface area contributed by atoms with Crippen LogP contribution < -0.4 is 5.32 Å². The van der Waals surface area contributed by atoms with Crippen LogP contribution in [-0.4, -0.2) is 40.5 Å². The maximum atomic E-state index is 4.50. The van der Waals surface area contributed by atoms with Crippen LogP contribution in [0.2, 0.25) is 0 Å². The van der Waals surface area contributed by atoms with Gasteiger partial charge >= 0.3 is 0 Å². The van der Waals surface area contributed by atoms with Crippen LogP contribution in [0.25, 0.3) is 10.2 Å². The predicted octanol–water partition coefficient (Wildman–Crippen LogP) is 3.59. The third-order valence-corrected chi connectivity index (χ3v) is 5.55. The maximum absolute atomic E-state index is 4.50. The molecule has 0 bridgehead atoms. The second kappa shape index (κ2) is 6.28. The summed E-state index contributed by atoms with van der Waals surface area (Å²) in [4.78, 5) is 13.9. The number of fused-ring (bicyclic) bond motifs is 1. The highest BCUT2D eigenvalue weighted by molar-refractivity contribution is 7.18. The molecule has 0 spiro atoms. The molecule has 0 aromatic carbocycles. The molecule has 1 N–H and O–H groups in total. The third kappa shape index (κ3) is 3.04. The fourth-order valence-corrected chi connectivity index (χ4v) is 4.10. The minimum absolute atomic E-state index is 0.538. The number of piperidine rings is 1. The summed E-state index contributed by atoms with van der Waals surface area (Å²) < 4.78 is 0. The molecule has 0 aliphatic carbocycles. The molecule has 4 nitrogen and oxygen atoms in total. The Hall–Kier alpha value is -1.20. The average molecular weight is 304 g/mol. The van der Waals surface area contributed by atoms with E-state index in [9.17, 15) is 0 Å². The van der Waals surface area contributed by atoms with Crippen LogP contribution >= 0.6 is 11.3 Å². The summed E-state index contributed by atoms with van der Waals surface area (Å²) in [5.74, 6) is 1.02. The van der Waals surface area contributed by atoms with Gasteiger partial charge in [0.05, 0.1) is 5.39 Å². The van der Waals surface area contributed by atoms with Gasteiger partial charge in [-0.2, -0.15) is 0 Å². The summed E-state index contributed by atoms with van der Waals surface area (Å²) >= 11 is 1.76. The Morgan fingerprint density at radius 1 is 1.29 bits per heavy atom. The van der Waals surface area contributed by atoms with Crippen molar-refractivity contribution in [2.75, 3.05) is 25.0 Å². The number of aromatic nitrogens is 2. The largest absolute Gasteiger partial charge is 0.367 e. The normalized spacial score (nSPS) is 17.5. The molecule has 1 saturated heterocycles. The van der Waals surface area contributed by atoms with Gasteiger partial charge in [-0.05, 0) is 45.2 Å². The number of hydrogen-bond acceptors (Lipinski definition) is 5. The monoisotopic (exact) mass is 304 g/mol. The summed E-state index contributed by atoms with van der Waals surface area (Å²) in [7, 11) is 0. The number of anilines is 1. The number of nitrogens with one attached hydrogen (secondary N) is 1. The standard InChI is InChI=1S/C16H24N4S/c1-4-7-20-8-5-13(6-9-20)19-15-14-11(2)12(3)21-16(14)18-10-17-15/h10,13H,4-9H2,1-3H3,(H,17,18,19). The topological polar surface area (TPSA) is 41.0 Å². The van der Waals surface area contributed by atoms with Crippen LogP contribution in [-0.2, 0) is 0 Å². The minimum Gasteiger partial charge on any atom is -0.367 e. The molecule has 1 fully saturated rings. The van der Waals surface area contributed by atoms with Gasteiger partial charge in [-0.25, -0.2) is 9.97 Å². The molecule has 1 aliphatic rings. The molecule has 0 saturated carbocycles. The third-order valence-electron chi connectivity index (χ3n) is 4.43. The molecule has 1 aliphatic heterocycles. The predicted molar refractivity (Wildman–Crippen MR) is 90.3 cm³/mol. The summed E-state index contributed by atoms with van der Waals surface area (Å²) in [6.07, 6.45) is 5.34. The van der Waals surface area contributed by atoms with E-state index in [1.54, 1.807) is 17.7 Å². The number of likely N-dealkylation sites (tertiary alicyclic amines) is 1. The number of nitrogens with zero attached hydrogens (tertiary/aromatic N) is 3. The van der Waals surface area contributed by atoms with E-state index in [1.165, 1.54) is 54.7 Å². The molecule has 3 heterocycles. The summed E-state index contributed by atoms with van der Waals surface area (Å²) in [6, 6.07) is 0.538. The molecular weight excluding hydrogens is 280 g/mol. The highest BCUT2D eigenvalue weighted by Crippen LogP contribution is 2.33. The van der Waals surface area contributed by atoms with Crippen molar-refractivity contribution >= 4 is 27.4 Å². The van der Waals surface area contributed by atoms with Gasteiger partial charge in [0.25, 0.3) is 0 Å². The van der Waals surface area contributed by atoms with Gasteiger partial charge < -0.3 is 10.2 Å². The van der Waals surface area contributed by atoms with Gasteiger partial charge in [0, 0.05) is 24.0 Å². The van der Waals surface area contributed by atoms with Gasteiger partial charge in [-0.1, -0.05) is 6.92 Å². The van der Waals surface area contributed by atoms with Gasteiger partial charge in [-0.3, -0.25) is 0 Å². The van der Waals surface area contributed by atoms with Crippen molar-refractivity contribution in [1.29, 1.82) is 0 Å². The van der Waals surface area contributed by atoms with Crippen molar-refractivity contribution in [3.8, 4) is 0 Å². The second-order valence-electron chi connectivity index (χ2n) is 5.95. The lowest BCUT2D eigenvalue weighted by Crippen LogP contribution is -2.39. The quantitative estimate of drug-likeness (QED) is 0.937. The Morgan fingerprint density at radius 3 is 2.76 bits per heavy atom. The molecule has 114 valence electrons.